The molecule has 0 spiro atoms. The minimum Gasteiger partial charge on any atom is -0.357 e. The van der Waals surface area contributed by atoms with Crippen molar-refractivity contribution in [3.05, 3.63) is 35.4 Å². The Balaban J connectivity index is 0.00000312. The van der Waals surface area contributed by atoms with Crippen LogP contribution in [0.5, 0.6) is 0 Å². The van der Waals surface area contributed by atoms with Gasteiger partial charge in [-0.25, -0.2) is 4.99 Å². The summed E-state index contributed by atoms with van der Waals surface area (Å²) >= 11 is 0. The topological polar surface area (TPSA) is 39.7 Å². The Hall–Kier alpha value is -1.03. The molecule has 0 aromatic heterocycles. The summed E-state index contributed by atoms with van der Waals surface area (Å²) in [7, 11) is 0. The maximum absolute atomic E-state index is 12.5. The second kappa shape index (κ2) is 10.2. The highest BCUT2D eigenvalue weighted by atomic mass is 127. The van der Waals surface area contributed by atoms with Crippen molar-refractivity contribution < 1.29 is 13.2 Å². The number of hydrogen-bond acceptors (Lipinski definition) is 2. The quantitative estimate of drug-likeness (QED) is 0.394. The highest BCUT2D eigenvalue weighted by Gasteiger charge is 2.34. The molecule has 142 valence electrons. The average Bonchev–Trinajstić information content (AvgIpc) is 2.91. The van der Waals surface area contributed by atoms with Crippen LogP contribution in [-0.4, -0.2) is 49.3 Å². The smallest absolute Gasteiger partial charge is 0.357 e. The molecule has 0 saturated carbocycles. The molecule has 4 nitrogen and oxygen atoms in total. The molecule has 1 heterocycles. The SMILES string of the molecule is CCNC(=NCc1ccc(C)cc1)NC1CCN(CC(F)(F)F)C1.I. The Morgan fingerprint density at radius 3 is 2.56 bits per heavy atom. The standard InChI is InChI=1S/C17H25F3N4.HI/c1-3-21-16(22-10-14-6-4-13(2)5-7-14)23-15-8-9-24(11-15)12-17(18,19)20;/h4-7,15H,3,8-12H2,1-2H3,(H2,21,22,23);1H. The molecule has 1 unspecified atom stereocenters. The molecule has 8 heteroatoms. The van der Waals surface area contributed by atoms with E-state index in [1.54, 1.807) is 0 Å². The lowest BCUT2D eigenvalue weighted by atomic mass is 10.1. The molecule has 1 aromatic carbocycles. The second-order valence-corrected chi connectivity index (χ2v) is 6.16. The lowest BCUT2D eigenvalue weighted by Gasteiger charge is -2.19. The first-order chi connectivity index (χ1) is 11.4. The van der Waals surface area contributed by atoms with E-state index < -0.39 is 12.7 Å². The maximum Gasteiger partial charge on any atom is 0.401 e. The fourth-order valence-corrected chi connectivity index (χ4v) is 2.72. The minimum atomic E-state index is -4.14. The van der Waals surface area contributed by atoms with Crippen molar-refractivity contribution in [2.24, 2.45) is 4.99 Å². The lowest BCUT2D eigenvalue weighted by molar-refractivity contribution is -0.143. The van der Waals surface area contributed by atoms with Crippen LogP contribution < -0.4 is 10.6 Å². The van der Waals surface area contributed by atoms with Crippen LogP contribution in [0.25, 0.3) is 0 Å². The number of likely N-dealkylation sites (tertiary alicyclic amines) is 1. The molecule has 0 amide bonds. The number of aliphatic imine (C=N–C) groups is 1. The lowest BCUT2D eigenvalue weighted by Crippen LogP contribution is -2.45. The molecule has 1 saturated heterocycles. The van der Waals surface area contributed by atoms with Crippen LogP contribution in [0.3, 0.4) is 0 Å². The number of benzene rings is 1. The van der Waals surface area contributed by atoms with E-state index in [1.165, 1.54) is 10.5 Å². The normalized spacial score (nSPS) is 18.8. The highest BCUT2D eigenvalue weighted by molar-refractivity contribution is 14.0. The van der Waals surface area contributed by atoms with Gasteiger partial charge < -0.3 is 10.6 Å². The predicted molar refractivity (Wildman–Crippen MR) is 105 cm³/mol. The van der Waals surface area contributed by atoms with Crippen molar-refractivity contribution in [1.82, 2.24) is 15.5 Å². The van der Waals surface area contributed by atoms with Crippen LogP contribution in [0.2, 0.25) is 0 Å². The molecule has 1 fully saturated rings. The van der Waals surface area contributed by atoms with Gasteiger partial charge in [0.05, 0.1) is 13.1 Å². The fraction of sp³-hybridized carbons (Fsp3) is 0.588. The molecule has 1 aromatic rings. The fourth-order valence-electron chi connectivity index (χ4n) is 2.72. The second-order valence-electron chi connectivity index (χ2n) is 6.16. The number of aryl methyl sites for hydroxylation is 1. The molecular formula is C17H26F3IN4. The molecule has 25 heavy (non-hydrogen) atoms. The molecule has 2 rings (SSSR count). The van der Waals surface area contributed by atoms with Crippen LogP contribution in [0.15, 0.2) is 29.3 Å². The van der Waals surface area contributed by atoms with Gasteiger partial charge in [-0.2, -0.15) is 13.2 Å². The largest absolute Gasteiger partial charge is 0.401 e. The maximum atomic E-state index is 12.5. The van der Waals surface area contributed by atoms with Gasteiger partial charge in [-0.1, -0.05) is 29.8 Å². The molecule has 1 aliphatic heterocycles. The van der Waals surface area contributed by atoms with Crippen LogP contribution in [0.4, 0.5) is 13.2 Å². The number of hydrogen-bond donors (Lipinski definition) is 2. The van der Waals surface area contributed by atoms with E-state index in [0.717, 1.165) is 5.56 Å². The van der Waals surface area contributed by atoms with Gasteiger partial charge >= 0.3 is 6.18 Å². The van der Waals surface area contributed by atoms with E-state index in [1.807, 2.05) is 38.1 Å². The summed E-state index contributed by atoms with van der Waals surface area (Å²) in [6.07, 6.45) is -3.45. The summed E-state index contributed by atoms with van der Waals surface area (Å²) in [5.74, 6) is 0.650. The number of rotatable bonds is 5. The third kappa shape index (κ3) is 8.26. The number of alkyl halides is 3. The number of guanidine groups is 1. The monoisotopic (exact) mass is 470 g/mol. The molecular weight excluding hydrogens is 444 g/mol. The van der Waals surface area contributed by atoms with E-state index in [4.69, 9.17) is 0 Å². The summed E-state index contributed by atoms with van der Waals surface area (Å²) in [5, 5.41) is 6.40. The van der Waals surface area contributed by atoms with E-state index in [0.29, 0.717) is 38.6 Å². The zero-order valence-corrected chi connectivity index (χ0v) is 16.9. The Labute approximate surface area is 164 Å². The van der Waals surface area contributed by atoms with Crippen molar-refractivity contribution in [2.75, 3.05) is 26.2 Å². The van der Waals surface area contributed by atoms with Crippen LogP contribution in [0, 0.1) is 6.92 Å². The predicted octanol–water partition coefficient (Wildman–Crippen LogP) is 3.30. The van der Waals surface area contributed by atoms with Crippen molar-refractivity contribution in [2.45, 2.75) is 39.0 Å². The first kappa shape index (κ1) is 22.0. The highest BCUT2D eigenvalue weighted by Crippen LogP contribution is 2.19. The van der Waals surface area contributed by atoms with Crippen molar-refractivity contribution in [1.29, 1.82) is 0 Å². The first-order valence-electron chi connectivity index (χ1n) is 8.25. The summed E-state index contributed by atoms with van der Waals surface area (Å²) in [6, 6.07) is 8.13. The van der Waals surface area contributed by atoms with Gasteiger partial charge in [0.15, 0.2) is 5.96 Å². The third-order valence-corrected chi connectivity index (χ3v) is 3.90. The van der Waals surface area contributed by atoms with Crippen molar-refractivity contribution in [3.8, 4) is 0 Å². The molecule has 0 radical (unpaired) electrons. The van der Waals surface area contributed by atoms with Crippen LogP contribution in [-0.2, 0) is 6.54 Å². The van der Waals surface area contributed by atoms with E-state index >= 15 is 0 Å². The van der Waals surface area contributed by atoms with Crippen LogP contribution in [0.1, 0.15) is 24.5 Å². The molecule has 0 aliphatic carbocycles. The van der Waals surface area contributed by atoms with Gasteiger partial charge in [0.25, 0.3) is 0 Å². The molecule has 2 N–H and O–H groups in total. The van der Waals surface area contributed by atoms with Crippen molar-refractivity contribution >= 4 is 29.9 Å². The third-order valence-electron chi connectivity index (χ3n) is 3.90. The van der Waals surface area contributed by atoms with Gasteiger partial charge in [-0.05, 0) is 25.8 Å². The van der Waals surface area contributed by atoms with E-state index in [-0.39, 0.29) is 30.0 Å². The summed E-state index contributed by atoms with van der Waals surface area (Å²) in [5.41, 5.74) is 2.30. The van der Waals surface area contributed by atoms with E-state index in [9.17, 15) is 13.2 Å². The van der Waals surface area contributed by atoms with Gasteiger partial charge in [0, 0.05) is 25.7 Å². The van der Waals surface area contributed by atoms with Gasteiger partial charge in [-0.3, -0.25) is 4.90 Å². The Morgan fingerprint density at radius 2 is 1.96 bits per heavy atom. The van der Waals surface area contributed by atoms with Gasteiger partial charge in [0.2, 0.25) is 0 Å². The zero-order chi connectivity index (χ0) is 17.6. The zero-order valence-electron chi connectivity index (χ0n) is 14.6. The number of nitrogens with zero attached hydrogens (tertiary/aromatic N) is 2. The summed E-state index contributed by atoms with van der Waals surface area (Å²) in [4.78, 5) is 5.96. The van der Waals surface area contributed by atoms with E-state index in [2.05, 4.69) is 15.6 Å². The van der Waals surface area contributed by atoms with Gasteiger partial charge in [0.1, 0.15) is 0 Å². The average molecular weight is 470 g/mol. The van der Waals surface area contributed by atoms with Crippen molar-refractivity contribution in [3.63, 3.8) is 0 Å². The number of nitrogens with one attached hydrogen (secondary N) is 2. The Bertz CT molecular complexity index is 546. The summed E-state index contributed by atoms with van der Waals surface area (Å²) < 4.78 is 37.4. The molecule has 1 atom stereocenters. The van der Waals surface area contributed by atoms with Crippen LogP contribution >= 0.6 is 24.0 Å². The Morgan fingerprint density at radius 1 is 1.28 bits per heavy atom. The Kier molecular flexibility index (Phi) is 8.98. The van der Waals surface area contributed by atoms with Gasteiger partial charge in [-0.15, -0.1) is 24.0 Å². The molecule has 0 bridgehead atoms. The number of halogens is 4. The molecule has 1 aliphatic rings. The summed E-state index contributed by atoms with van der Waals surface area (Å²) in [6.45, 7) is 5.23. The minimum absolute atomic E-state index is 0. The first-order valence-corrected chi connectivity index (χ1v) is 8.25.